The van der Waals surface area contributed by atoms with Crippen LogP contribution in [0, 0.1) is 0 Å². The quantitative estimate of drug-likeness (QED) is 0.188. The summed E-state index contributed by atoms with van der Waals surface area (Å²) >= 11 is 0. The Hall–Kier alpha value is -3.55. The fourth-order valence-electron chi connectivity index (χ4n) is 5.94. The van der Waals surface area contributed by atoms with Gasteiger partial charge in [0.15, 0.2) is 0 Å². The standard InChI is InChI=1S/C40H65N3O10/c1-36(2,3)50-32(45)23-41-21-22-42(30(35(48)53-39(10,11)12)19-20-31(44)49-26-29-17-15-14-16-18-29)28-40(13,27-41)43(24-33(46)51-37(4,5)6)25-34(47)52-38(7,8)9/h14-18,30H,19-28H2,1-13H3. The van der Waals surface area contributed by atoms with Crippen LogP contribution in [0.4, 0.5) is 0 Å². The Bertz CT molecular complexity index is 1360. The van der Waals surface area contributed by atoms with Crippen molar-refractivity contribution in [2.45, 2.75) is 143 Å². The molecule has 53 heavy (non-hydrogen) atoms. The average molecular weight is 748 g/mol. The van der Waals surface area contributed by atoms with Crippen molar-refractivity contribution in [2.24, 2.45) is 0 Å². The highest BCUT2D eigenvalue weighted by atomic mass is 16.6. The Labute approximate surface area is 316 Å². The second-order valence-corrected chi connectivity index (χ2v) is 18.0. The van der Waals surface area contributed by atoms with E-state index in [9.17, 15) is 24.0 Å². The molecule has 1 heterocycles. The predicted molar refractivity (Wildman–Crippen MR) is 201 cm³/mol. The molecule has 2 unspecified atom stereocenters. The Balaban J connectivity index is 2.56. The molecule has 0 bridgehead atoms. The Morgan fingerprint density at radius 2 is 1.17 bits per heavy atom. The zero-order chi connectivity index (χ0) is 40.4. The lowest BCUT2D eigenvalue weighted by Gasteiger charge is -2.44. The van der Waals surface area contributed by atoms with Crippen LogP contribution in [0.25, 0.3) is 0 Å². The van der Waals surface area contributed by atoms with Crippen molar-refractivity contribution in [3.8, 4) is 0 Å². The van der Waals surface area contributed by atoms with Crippen molar-refractivity contribution in [3.05, 3.63) is 35.9 Å². The van der Waals surface area contributed by atoms with Crippen LogP contribution in [-0.2, 0) is 54.3 Å². The Morgan fingerprint density at radius 3 is 1.66 bits per heavy atom. The van der Waals surface area contributed by atoms with E-state index in [-0.39, 0.29) is 52.2 Å². The average Bonchev–Trinajstić information content (AvgIpc) is 3.11. The summed E-state index contributed by atoms with van der Waals surface area (Å²) in [4.78, 5) is 72.4. The summed E-state index contributed by atoms with van der Waals surface area (Å²) in [6.45, 7) is 23.6. The number of ether oxygens (including phenoxy) is 5. The van der Waals surface area contributed by atoms with Crippen LogP contribution < -0.4 is 0 Å². The molecule has 0 spiro atoms. The van der Waals surface area contributed by atoms with Gasteiger partial charge in [-0.3, -0.25) is 38.7 Å². The van der Waals surface area contributed by atoms with Crippen LogP contribution in [0.2, 0.25) is 0 Å². The van der Waals surface area contributed by atoms with Crippen molar-refractivity contribution in [2.75, 3.05) is 45.8 Å². The summed E-state index contributed by atoms with van der Waals surface area (Å²) in [7, 11) is 0. The lowest BCUT2D eigenvalue weighted by atomic mass is 9.96. The third kappa shape index (κ3) is 18.4. The van der Waals surface area contributed by atoms with Gasteiger partial charge in [-0.2, -0.15) is 0 Å². The van der Waals surface area contributed by atoms with E-state index in [1.807, 2.05) is 47.1 Å². The van der Waals surface area contributed by atoms with Crippen LogP contribution in [0.1, 0.15) is 108 Å². The molecule has 0 radical (unpaired) electrons. The minimum Gasteiger partial charge on any atom is -0.461 e. The van der Waals surface area contributed by atoms with E-state index in [4.69, 9.17) is 23.7 Å². The van der Waals surface area contributed by atoms with Gasteiger partial charge in [0.2, 0.25) is 0 Å². The molecule has 0 saturated carbocycles. The summed E-state index contributed by atoms with van der Waals surface area (Å²) in [6, 6.07) is 8.42. The molecule has 1 aliphatic rings. The predicted octanol–water partition coefficient (Wildman–Crippen LogP) is 4.92. The van der Waals surface area contributed by atoms with Gasteiger partial charge < -0.3 is 23.7 Å². The van der Waals surface area contributed by atoms with Gasteiger partial charge >= 0.3 is 29.8 Å². The highest BCUT2D eigenvalue weighted by Crippen LogP contribution is 2.27. The first kappa shape index (κ1) is 45.6. The highest BCUT2D eigenvalue weighted by Gasteiger charge is 2.44. The Morgan fingerprint density at radius 1 is 0.679 bits per heavy atom. The van der Waals surface area contributed by atoms with E-state index < -0.39 is 63.8 Å². The molecule has 2 rings (SSSR count). The normalized spacial score (nSPS) is 18.5. The van der Waals surface area contributed by atoms with Gasteiger partial charge in [-0.15, -0.1) is 0 Å². The number of hydrogen-bond donors (Lipinski definition) is 0. The second kappa shape index (κ2) is 18.7. The lowest BCUT2D eigenvalue weighted by Crippen LogP contribution is -2.62. The van der Waals surface area contributed by atoms with Gasteiger partial charge in [0.25, 0.3) is 0 Å². The maximum atomic E-state index is 14.0. The van der Waals surface area contributed by atoms with Gasteiger partial charge in [0, 0.05) is 38.1 Å². The van der Waals surface area contributed by atoms with E-state index in [0.717, 1.165) is 5.56 Å². The molecule has 1 aliphatic heterocycles. The summed E-state index contributed by atoms with van der Waals surface area (Å²) in [5, 5.41) is 0. The van der Waals surface area contributed by atoms with Crippen molar-refractivity contribution in [1.82, 2.24) is 14.7 Å². The number of benzene rings is 1. The number of rotatable bonds is 14. The monoisotopic (exact) mass is 747 g/mol. The van der Waals surface area contributed by atoms with Gasteiger partial charge in [0.1, 0.15) is 35.1 Å². The third-order valence-electron chi connectivity index (χ3n) is 7.81. The molecule has 0 aliphatic carbocycles. The molecule has 0 aromatic heterocycles. The molecule has 2 atom stereocenters. The summed E-state index contributed by atoms with van der Waals surface area (Å²) in [6.07, 6.45) is 0.0218. The van der Waals surface area contributed by atoms with Crippen molar-refractivity contribution in [1.29, 1.82) is 0 Å². The zero-order valence-corrected chi connectivity index (χ0v) is 34.5. The minimum atomic E-state index is -1.04. The molecular formula is C40H65N3O10. The number of hydrogen-bond acceptors (Lipinski definition) is 13. The van der Waals surface area contributed by atoms with Crippen LogP contribution in [0.15, 0.2) is 30.3 Å². The molecule has 1 aromatic carbocycles. The van der Waals surface area contributed by atoms with Crippen LogP contribution in [0.3, 0.4) is 0 Å². The van der Waals surface area contributed by atoms with E-state index in [2.05, 4.69) is 0 Å². The fraction of sp³-hybridized carbons (Fsp3) is 0.725. The maximum absolute atomic E-state index is 14.0. The molecular weight excluding hydrogens is 682 g/mol. The first-order valence-electron chi connectivity index (χ1n) is 18.4. The Kier molecular flexibility index (Phi) is 16.1. The molecule has 0 amide bonds. The van der Waals surface area contributed by atoms with Gasteiger partial charge in [-0.05, 0) is 102 Å². The lowest BCUT2D eigenvalue weighted by molar-refractivity contribution is -0.167. The second-order valence-electron chi connectivity index (χ2n) is 18.0. The van der Waals surface area contributed by atoms with E-state index >= 15 is 0 Å². The molecule has 1 saturated heterocycles. The van der Waals surface area contributed by atoms with Crippen LogP contribution in [-0.4, -0.2) is 124 Å². The fourth-order valence-corrected chi connectivity index (χ4v) is 5.94. The topological polar surface area (TPSA) is 141 Å². The molecule has 300 valence electrons. The summed E-state index contributed by atoms with van der Waals surface area (Å²) in [5.41, 5.74) is -3.31. The van der Waals surface area contributed by atoms with Crippen molar-refractivity contribution in [3.63, 3.8) is 0 Å². The first-order valence-corrected chi connectivity index (χ1v) is 18.4. The SMILES string of the molecule is CC(C)(C)OC(=O)CN1CCN(C(CCC(=O)OCc2ccccc2)C(=O)OC(C)(C)C)CC(C)(N(CC(=O)OC(C)(C)C)CC(=O)OC(C)(C)C)C1. The number of esters is 5. The van der Waals surface area contributed by atoms with E-state index in [0.29, 0.717) is 13.1 Å². The van der Waals surface area contributed by atoms with Crippen molar-refractivity contribution < 1.29 is 47.7 Å². The third-order valence-corrected chi connectivity index (χ3v) is 7.81. The zero-order valence-electron chi connectivity index (χ0n) is 34.5. The van der Waals surface area contributed by atoms with Crippen molar-refractivity contribution >= 4 is 29.8 Å². The highest BCUT2D eigenvalue weighted by molar-refractivity contribution is 5.78. The molecule has 13 heteroatoms. The summed E-state index contributed by atoms with van der Waals surface area (Å²) < 4.78 is 28.5. The van der Waals surface area contributed by atoms with Gasteiger partial charge in [-0.25, -0.2) is 0 Å². The van der Waals surface area contributed by atoms with E-state index in [1.165, 1.54) is 0 Å². The molecule has 1 aromatic rings. The number of carbonyl (C=O) groups is 5. The minimum absolute atomic E-state index is 0.0644. The van der Waals surface area contributed by atoms with Gasteiger partial charge in [0.05, 0.1) is 19.6 Å². The number of carbonyl (C=O) groups excluding carboxylic acids is 5. The number of nitrogens with zero attached hydrogens (tertiary/aromatic N) is 3. The molecule has 0 N–H and O–H groups in total. The maximum Gasteiger partial charge on any atom is 0.323 e. The largest absolute Gasteiger partial charge is 0.461 e. The summed E-state index contributed by atoms with van der Waals surface area (Å²) in [5.74, 6) is -2.54. The van der Waals surface area contributed by atoms with E-state index in [1.54, 1.807) is 88.0 Å². The smallest absolute Gasteiger partial charge is 0.323 e. The molecule has 13 nitrogen and oxygen atoms in total. The molecule has 1 fully saturated rings. The van der Waals surface area contributed by atoms with Gasteiger partial charge in [-0.1, -0.05) is 30.3 Å². The van der Waals surface area contributed by atoms with Crippen LogP contribution >= 0.6 is 0 Å². The first-order chi connectivity index (χ1) is 24.1. The van der Waals surface area contributed by atoms with Crippen LogP contribution in [0.5, 0.6) is 0 Å².